The van der Waals surface area contributed by atoms with Gasteiger partial charge in [-0.2, -0.15) is 13.2 Å². The van der Waals surface area contributed by atoms with Crippen LogP contribution in [0.2, 0.25) is 5.02 Å². The number of amides is 3. The SMILES string of the molecule is O=C(NC1=CC=C(Oc2cc(NC(=O)C3CC3)ncn2)CC1)Nc1ccc(Cl)c(C(F)(F)F)c1. The Morgan fingerprint density at radius 1 is 1.03 bits per heavy atom. The lowest BCUT2D eigenvalue weighted by Gasteiger charge is -2.17. The molecule has 1 aromatic carbocycles. The lowest BCUT2D eigenvalue weighted by Crippen LogP contribution is -2.29. The van der Waals surface area contributed by atoms with Gasteiger partial charge in [-0.05, 0) is 49.6 Å². The number of rotatable bonds is 6. The zero-order valence-electron chi connectivity index (χ0n) is 17.6. The fraction of sp³-hybridized carbons (Fsp3) is 0.273. The molecule has 0 aliphatic heterocycles. The van der Waals surface area contributed by atoms with Crippen LogP contribution in [0.3, 0.4) is 0 Å². The average molecular weight is 494 g/mol. The first-order valence-corrected chi connectivity index (χ1v) is 10.7. The summed E-state index contributed by atoms with van der Waals surface area (Å²) in [6, 6.07) is 3.95. The number of carbonyl (C=O) groups excluding carboxylic acids is 2. The third kappa shape index (κ3) is 6.25. The van der Waals surface area contributed by atoms with Crippen LogP contribution >= 0.6 is 11.6 Å². The van der Waals surface area contributed by atoms with Crippen LogP contribution in [0.5, 0.6) is 5.88 Å². The number of aromatic nitrogens is 2. The van der Waals surface area contributed by atoms with Crippen molar-refractivity contribution in [1.29, 1.82) is 0 Å². The molecule has 1 heterocycles. The minimum Gasteiger partial charge on any atom is -0.443 e. The molecule has 4 rings (SSSR count). The van der Waals surface area contributed by atoms with E-state index in [0.717, 1.165) is 25.0 Å². The summed E-state index contributed by atoms with van der Waals surface area (Å²) in [5.74, 6) is 1.16. The number of halogens is 4. The predicted octanol–water partition coefficient (Wildman–Crippen LogP) is 5.26. The van der Waals surface area contributed by atoms with Gasteiger partial charge in [0.15, 0.2) is 0 Å². The van der Waals surface area contributed by atoms with E-state index in [1.165, 1.54) is 18.5 Å². The van der Waals surface area contributed by atoms with Gasteiger partial charge >= 0.3 is 12.2 Å². The summed E-state index contributed by atoms with van der Waals surface area (Å²) in [6.45, 7) is 0. The quantitative estimate of drug-likeness (QED) is 0.509. The van der Waals surface area contributed by atoms with Crippen LogP contribution < -0.4 is 20.7 Å². The third-order valence-corrected chi connectivity index (χ3v) is 5.32. The highest BCUT2D eigenvalue weighted by Crippen LogP contribution is 2.36. The van der Waals surface area contributed by atoms with E-state index in [1.54, 1.807) is 12.2 Å². The standard InChI is InChI=1S/C22H19ClF3N5O3/c23-17-8-5-14(9-16(17)22(24,25)26)30-21(33)29-13-3-6-15(7-4-13)34-19-10-18(27-11-28-19)31-20(32)12-1-2-12/h3,5-6,8-12H,1-2,4,7H2,(H2,29,30,33)(H,27,28,31,32). The highest BCUT2D eigenvalue weighted by molar-refractivity contribution is 6.31. The Bertz CT molecular complexity index is 1180. The van der Waals surface area contributed by atoms with Crippen molar-refractivity contribution in [2.75, 3.05) is 10.6 Å². The zero-order chi connectivity index (χ0) is 24.3. The maximum Gasteiger partial charge on any atom is 0.417 e. The second-order valence-electron chi connectivity index (χ2n) is 7.70. The first-order valence-electron chi connectivity index (χ1n) is 10.3. The first kappa shape index (κ1) is 23.6. The zero-order valence-corrected chi connectivity index (χ0v) is 18.3. The Balaban J connectivity index is 1.33. The van der Waals surface area contributed by atoms with Gasteiger partial charge in [0.1, 0.15) is 17.9 Å². The summed E-state index contributed by atoms with van der Waals surface area (Å²) >= 11 is 5.59. The maximum atomic E-state index is 13.0. The number of hydrogen-bond acceptors (Lipinski definition) is 5. The molecule has 0 bridgehead atoms. The van der Waals surface area contributed by atoms with Gasteiger partial charge < -0.3 is 20.7 Å². The molecule has 3 N–H and O–H groups in total. The summed E-state index contributed by atoms with van der Waals surface area (Å²) in [5.41, 5.74) is -0.526. The summed E-state index contributed by atoms with van der Waals surface area (Å²) in [4.78, 5) is 32.1. The van der Waals surface area contributed by atoms with Gasteiger partial charge in [0.05, 0.1) is 10.6 Å². The number of allylic oxidation sites excluding steroid dienone is 4. The van der Waals surface area contributed by atoms with E-state index in [2.05, 4.69) is 25.9 Å². The number of hydrogen-bond donors (Lipinski definition) is 3. The fourth-order valence-electron chi connectivity index (χ4n) is 3.11. The van der Waals surface area contributed by atoms with Crippen molar-refractivity contribution in [3.8, 4) is 5.88 Å². The van der Waals surface area contributed by atoms with Gasteiger partial charge in [-0.1, -0.05) is 11.6 Å². The van der Waals surface area contributed by atoms with Crippen LogP contribution in [0.4, 0.5) is 29.5 Å². The summed E-state index contributed by atoms with van der Waals surface area (Å²) in [7, 11) is 0. The van der Waals surface area contributed by atoms with E-state index in [9.17, 15) is 22.8 Å². The summed E-state index contributed by atoms with van der Waals surface area (Å²) in [6.07, 6.45) is 2.54. The smallest absolute Gasteiger partial charge is 0.417 e. The van der Waals surface area contributed by atoms with Crippen molar-refractivity contribution in [2.24, 2.45) is 5.92 Å². The first-order chi connectivity index (χ1) is 16.2. The predicted molar refractivity (Wildman–Crippen MR) is 118 cm³/mol. The molecule has 8 nitrogen and oxygen atoms in total. The van der Waals surface area contributed by atoms with Crippen molar-refractivity contribution < 1.29 is 27.5 Å². The van der Waals surface area contributed by atoms with Crippen molar-refractivity contribution in [3.05, 3.63) is 64.8 Å². The molecule has 1 fully saturated rings. The molecule has 0 radical (unpaired) electrons. The lowest BCUT2D eigenvalue weighted by atomic mass is 10.1. The second kappa shape index (κ2) is 9.72. The molecule has 3 amide bonds. The normalized spacial score (nSPS) is 15.6. The molecule has 12 heteroatoms. The van der Waals surface area contributed by atoms with Crippen LogP contribution in [0.25, 0.3) is 0 Å². The molecule has 178 valence electrons. The number of anilines is 2. The largest absolute Gasteiger partial charge is 0.443 e. The molecule has 1 aromatic heterocycles. The molecule has 0 saturated heterocycles. The minimum atomic E-state index is -4.63. The van der Waals surface area contributed by atoms with Crippen molar-refractivity contribution in [1.82, 2.24) is 15.3 Å². The van der Waals surface area contributed by atoms with E-state index in [1.807, 2.05) is 0 Å². The average Bonchev–Trinajstić information content (AvgIpc) is 3.62. The Labute approximate surface area is 197 Å². The number of alkyl halides is 3. The number of urea groups is 1. The van der Waals surface area contributed by atoms with Gasteiger partial charge in [0.2, 0.25) is 11.8 Å². The van der Waals surface area contributed by atoms with Crippen LogP contribution in [0.15, 0.2) is 54.2 Å². The molecular formula is C22H19ClF3N5O3. The highest BCUT2D eigenvalue weighted by Gasteiger charge is 2.33. The van der Waals surface area contributed by atoms with Crippen molar-refractivity contribution >= 4 is 35.0 Å². The van der Waals surface area contributed by atoms with E-state index in [4.69, 9.17) is 16.3 Å². The van der Waals surface area contributed by atoms with Gasteiger partial charge in [0.25, 0.3) is 0 Å². The minimum absolute atomic E-state index is 0.0417. The number of nitrogens with one attached hydrogen (secondary N) is 3. The molecule has 0 unspecified atom stereocenters. The van der Waals surface area contributed by atoms with Gasteiger partial charge in [-0.15, -0.1) is 0 Å². The molecule has 2 aliphatic rings. The fourth-order valence-corrected chi connectivity index (χ4v) is 3.33. The molecule has 2 aliphatic carbocycles. The molecule has 0 spiro atoms. The van der Waals surface area contributed by atoms with Crippen LogP contribution in [-0.2, 0) is 11.0 Å². The van der Waals surface area contributed by atoms with Gasteiger partial charge in [0, 0.05) is 29.8 Å². The maximum absolute atomic E-state index is 13.0. The van der Waals surface area contributed by atoms with Crippen molar-refractivity contribution in [3.63, 3.8) is 0 Å². The van der Waals surface area contributed by atoms with Gasteiger partial charge in [-0.3, -0.25) is 4.79 Å². The van der Waals surface area contributed by atoms with E-state index >= 15 is 0 Å². The van der Waals surface area contributed by atoms with Crippen LogP contribution in [-0.4, -0.2) is 21.9 Å². The Hall–Kier alpha value is -3.60. The number of ether oxygens (including phenoxy) is 1. The molecular weight excluding hydrogens is 475 g/mol. The Morgan fingerprint density at radius 3 is 2.50 bits per heavy atom. The lowest BCUT2D eigenvalue weighted by molar-refractivity contribution is -0.137. The second-order valence-corrected chi connectivity index (χ2v) is 8.11. The molecule has 34 heavy (non-hydrogen) atoms. The van der Waals surface area contributed by atoms with Gasteiger partial charge in [-0.25, -0.2) is 14.8 Å². The molecule has 1 saturated carbocycles. The van der Waals surface area contributed by atoms with E-state index < -0.39 is 22.8 Å². The molecule has 2 aromatic rings. The van der Waals surface area contributed by atoms with E-state index in [0.29, 0.717) is 30.1 Å². The number of nitrogens with zero attached hydrogens (tertiary/aromatic N) is 2. The Morgan fingerprint density at radius 2 is 1.82 bits per heavy atom. The number of carbonyl (C=O) groups is 2. The number of benzene rings is 1. The van der Waals surface area contributed by atoms with E-state index in [-0.39, 0.29) is 23.4 Å². The van der Waals surface area contributed by atoms with Crippen molar-refractivity contribution in [2.45, 2.75) is 31.9 Å². The highest BCUT2D eigenvalue weighted by atomic mass is 35.5. The summed E-state index contributed by atoms with van der Waals surface area (Å²) < 4.78 is 44.7. The summed E-state index contributed by atoms with van der Waals surface area (Å²) in [5, 5.41) is 7.22. The molecule has 0 atom stereocenters. The van der Waals surface area contributed by atoms with Crippen LogP contribution in [0, 0.1) is 5.92 Å². The third-order valence-electron chi connectivity index (χ3n) is 4.99. The topological polar surface area (TPSA) is 105 Å². The van der Waals surface area contributed by atoms with Crippen LogP contribution in [0.1, 0.15) is 31.2 Å². The monoisotopic (exact) mass is 493 g/mol. The Kier molecular flexibility index (Phi) is 6.73.